The van der Waals surface area contributed by atoms with Crippen molar-refractivity contribution in [3.8, 4) is 17.6 Å². The number of nitrogens with zero attached hydrogens (tertiary/aromatic N) is 3. The van der Waals surface area contributed by atoms with Crippen molar-refractivity contribution >= 4 is 35.0 Å². The quantitative estimate of drug-likeness (QED) is 0.654. The Balaban J connectivity index is 1.70. The highest BCUT2D eigenvalue weighted by Gasteiger charge is 2.39. The van der Waals surface area contributed by atoms with Crippen LogP contribution in [-0.2, 0) is 4.79 Å². The summed E-state index contributed by atoms with van der Waals surface area (Å²) in [5.74, 6) is 1.52. The number of hydrogen-bond donors (Lipinski definition) is 0. The van der Waals surface area contributed by atoms with Gasteiger partial charge in [-0.25, -0.2) is 0 Å². The summed E-state index contributed by atoms with van der Waals surface area (Å²) in [7, 11) is 3.17. The van der Waals surface area contributed by atoms with Crippen molar-refractivity contribution in [3.63, 3.8) is 0 Å². The average Bonchev–Trinajstić information content (AvgIpc) is 2.80. The lowest BCUT2D eigenvalue weighted by molar-refractivity contribution is -0.129. The summed E-state index contributed by atoms with van der Waals surface area (Å²) < 4.78 is 10.8. The second kappa shape index (κ2) is 8.74. The molecule has 0 bridgehead atoms. The molecule has 31 heavy (non-hydrogen) atoms. The van der Waals surface area contributed by atoms with Gasteiger partial charge in [0.15, 0.2) is 0 Å². The van der Waals surface area contributed by atoms with Crippen molar-refractivity contribution in [2.45, 2.75) is 19.3 Å². The molecule has 2 aromatic carbocycles. The molecule has 0 N–H and O–H groups in total. The third-order valence-corrected chi connectivity index (χ3v) is 7.25. The van der Waals surface area contributed by atoms with Gasteiger partial charge in [-0.15, -0.1) is 0 Å². The molecule has 1 fully saturated rings. The number of rotatable bonds is 4. The Morgan fingerprint density at radius 1 is 1.23 bits per heavy atom. The number of ether oxygens (including phenoxy) is 2. The SMILES string of the molecule is COc1ccc([C@H]2CC(=O)N3CN(c4cccc(Cl)c4C)CSC3=C2C#N)c(OC)c1. The number of thioether (sulfide) groups is 1. The summed E-state index contributed by atoms with van der Waals surface area (Å²) in [6.07, 6.45) is 0.206. The highest BCUT2D eigenvalue weighted by Crippen LogP contribution is 2.46. The number of halogens is 1. The van der Waals surface area contributed by atoms with E-state index in [1.165, 1.54) is 11.8 Å². The van der Waals surface area contributed by atoms with Crippen molar-refractivity contribution in [1.29, 1.82) is 5.26 Å². The van der Waals surface area contributed by atoms with E-state index in [0.29, 0.717) is 34.6 Å². The van der Waals surface area contributed by atoms with E-state index in [0.717, 1.165) is 21.8 Å². The largest absolute Gasteiger partial charge is 0.497 e. The van der Waals surface area contributed by atoms with Crippen LogP contribution in [0.5, 0.6) is 11.5 Å². The minimum atomic E-state index is -0.350. The smallest absolute Gasteiger partial charge is 0.229 e. The maximum absolute atomic E-state index is 13.2. The van der Waals surface area contributed by atoms with Crippen LogP contribution in [0.15, 0.2) is 47.0 Å². The van der Waals surface area contributed by atoms with E-state index in [-0.39, 0.29) is 18.2 Å². The number of hydrogen-bond acceptors (Lipinski definition) is 6. The fourth-order valence-electron chi connectivity index (χ4n) is 4.03. The molecular formula is C23H22ClN3O3S. The molecular weight excluding hydrogens is 434 g/mol. The fraction of sp³-hybridized carbons (Fsp3) is 0.304. The van der Waals surface area contributed by atoms with Gasteiger partial charge < -0.3 is 14.4 Å². The van der Waals surface area contributed by atoms with E-state index in [4.69, 9.17) is 21.1 Å². The normalized spacial score (nSPS) is 18.5. The molecule has 0 aromatic heterocycles. The van der Waals surface area contributed by atoms with Crippen LogP contribution in [0.3, 0.4) is 0 Å². The zero-order valence-electron chi connectivity index (χ0n) is 17.5. The van der Waals surface area contributed by atoms with E-state index in [1.807, 2.05) is 37.3 Å². The van der Waals surface area contributed by atoms with Gasteiger partial charge in [-0.3, -0.25) is 9.69 Å². The molecule has 0 unspecified atom stereocenters. The molecule has 1 atom stereocenters. The van der Waals surface area contributed by atoms with Crippen LogP contribution in [0.2, 0.25) is 5.02 Å². The highest BCUT2D eigenvalue weighted by atomic mass is 35.5. The van der Waals surface area contributed by atoms with Crippen molar-refractivity contribution in [2.24, 2.45) is 0 Å². The topological polar surface area (TPSA) is 65.8 Å². The van der Waals surface area contributed by atoms with Gasteiger partial charge in [0, 0.05) is 34.7 Å². The van der Waals surface area contributed by atoms with Gasteiger partial charge in [0.25, 0.3) is 0 Å². The van der Waals surface area contributed by atoms with E-state index < -0.39 is 0 Å². The summed E-state index contributed by atoms with van der Waals surface area (Å²) in [6, 6.07) is 13.6. The van der Waals surface area contributed by atoms with Gasteiger partial charge in [-0.2, -0.15) is 5.26 Å². The maximum Gasteiger partial charge on any atom is 0.229 e. The second-order valence-corrected chi connectivity index (χ2v) is 8.70. The first kappa shape index (κ1) is 21.4. The summed E-state index contributed by atoms with van der Waals surface area (Å²) in [4.78, 5) is 17.0. The lowest BCUT2D eigenvalue weighted by atomic mass is 9.86. The van der Waals surface area contributed by atoms with Crippen LogP contribution in [0.25, 0.3) is 0 Å². The van der Waals surface area contributed by atoms with Crippen LogP contribution in [0.1, 0.15) is 23.5 Å². The molecule has 2 aliphatic heterocycles. The Morgan fingerprint density at radius 3 is 2.74 bits per heavy atom. The first-order valence-electron chi connectivity index (χ1n) is 9.77. The molecule has 8 heteroatoms. The third-order valence-electron chi connectivity index (χ3n) is 5.69. The van der Waals surface area contributed by atoms with Crippen molar-refractivity contribution < 1.29 is 14.3 Å². The number of carbonyl (C=O) groups is 1. The molecule has 4 rings (SSSR count). The van der Waals surface area contributed by atoms with Crippen LogP contribution in [0.4, 0.5) is 5.69 Å². The highest BCUT2D eigenvalue weighted by molar-refractivity contribution is 8.03. The molecule has 0 saturated carbocycles. The third kappa shape index (κ3) is 3.82. The van der Waals surface area contributed by atoms with Gasteiger partial charge >= 0.3 is 0 Å². The zero-order chi connectivity index (χ0) is 22.1. The average molecular weight is 456 g/mol. The zero-order valence-corrected chi connectivity index (χ0v) is 19.1. The summed E-state index contributed by atoms with van der Waals surface area (Å²) in [5.41, 5.74) is 3.37. The van der Waals surface area contributed by atoms with Crippen molar-refractivity contribution in [1.82, 2.24) is 4.90 Å². The molecule has 1 saturated heterocycles. The molecule has 1 amide bonds. The van der Waals surface area contributed by atoms with Crippen LogP contribution < -0.4 is 14.4 Å². The molecule has 0 aliphatic carbocycles. The fourth-order valence-corrected chi connectivity index (χ4v) is 5.35. The Kier molecular flexibility index (Phi) is 6.03. The van der Waals surface area contributed by atoms with Crippen LogP contribution >= 0.6 is 23.4 Å². The van der Waals surface area contributed by atoms with Gasteiger partial charge in [0.2, 0.25) is 5.91 Å². The van der Waals surface area contributed by atoms with E-state index in [9.17, 15) is 10.1 Å². The van der Waals surface area contributed by atoms with Gasteiger partial charge in [0.05, 0.1) is 43.4 Å². The first-order valence-corrected chi connectivity index (χ1v) is 11.1. The molecule has 0 spiro atoms. The molecule has 6 nitrogen and oxygen atoms in total. The van der Waals surface area contributed by atoms with Gasteiger partial charge in [-0.1, -0.05) is 35.5 Å². The Hall–Kier alpha value is -2.82. The number of fused-ring (bicyclic) bond motifs is 1. The number of carbonyl (C=O) groups excluding carboxylic acids is 1. The number of benzene rings is 2. The second-order valence-electron chi connectivity index (χ2n) is 7.36. The number of anilines is 1. The van der Waals surface area contributed by atoms with E-state index in [2.05, 4.69) is 11.0 Å². The molecule has 2 aromatic rings. The summed E-state index contributed by atoms with van der Waals surface area (Å²) >= 11 is 7.79. The van der Waals surface area contributed by atoms with Crippen LogP contribution in [-0.4, -0.2) is 37.6 Å². The predicted molar refractivity (Wildman–Crippen MR) is 122 cm³/mol. The van der Waals surface area contributed by atoms with E-state index >= 15 is 0 Å². The Morgan fingerprint density at radius 2 is 2.03 bits per heavy atom. The standard InChI is InChI=1S/C23H22ClN3O3S/c1-14-19(24)5-4-6-20(14)26-12-27-22(28)10-17(18(11-25)23(27)31-13-26)16-8-7-15(29-2)9-21(16)30-3/h4-9,17H,10,12-13H2,1-3H3/t17-/m1/s1. The minimum Gasteiger partial charge on any atom is -0.497 e. The Labute approximate surface area is 191 Å². The predicted octanol–water partition coefficient (Wildman–Crippen LogP) is 4.89. The minimum absolute atomic E-state index is 0.0197. The maximum atomic E-state index is 13.2. The summed E-state index contributed by atoms with van der Waals surface area (Å²) in [5, 5.41) is 11.4. The van der Waals surface area contributed by atoms with Gasteiger partial charge in [0.1, 0.15) is 11.5 Å². The van der Waals surface area contributed by atoms with E-state index in [1.54, 1.807) is 25.2 Å². The Bertz CT molecular complexity index is 1110. The summed E-state index contributed by atoms with van der Waals surface area (Å²) in [6.45, 7) is 2.36. The number of allylic oxidation sites excluding steroid dienone is 1. The molecule has 2 aliphatic rings. The van der Waals surface area contributed by atoms with Gasteiger partial charge in [-0.05, 0) is 30.7 Å². The van der Waals surface area contributed by atoms with Crippen molar-refractivity contribution in [2.75, 3.05) is 31.7 Å². The van der Waals surface area contributed by atoms with Crippen molar-refractivity contribution in [3.05, 3.63) is 63.1 Å². The number of methoxy groups -OCH3 is 2. The lowest BCUT2D eigenvalue weighted by Gasteiger charge is -2.42. The molecule has 2 heterocycles. The first-order chi connectivity index (χ1) is 15.0. The monoisotopic (exact) mass is 455 g/mol. The molecule has 0 radical (unpaired) electrons. The number of nitriles is 1. The lowest BCUT2D eigenvalue weighted by Crippen LogP contribution is -2.47. The molecule has 160 valence electrons. The number of amides is 1. The van der Waals surface area contributed by atoms with Crippen LogP contribution in [0, 0.1) is 18.3 Å².